The molecule has 0 bridgehead atoms. The van der Waals surface area contributed by atoms with E-state index in [1.807, 2.05) is 6.92 Å². The SMILES string of the molecule is COc1cc(-c2nnc(CSc3nc(C)c(CC(N)=O)s3)o2)cc(OC)c1OC. The van der Waals surface area contributed by atoms with E-state index in [0.717, 1.165) is 14.9 Å². The summed E-state index contributed by atoms with van der Waals surface area (Å²) in [6.45, 7) is 1.86. The normalized spacial score (nSPS) is 10.8. The van der Waals surface area contributed by atoms with E-state index in [1.165, 1.54) is 30.2 Å². The molecule has 29 heavy (non-hydrogen) atoms. The van der Waals surface area contributed by atoms with Gasteiger partial charge in [-0.1, -0.05) is 11.8 Å². The molecule has 0 aliphatic rings. The third-order valence-corrected chi connectivity index (χ3v) is 6.19. The van der Waals surface area contributed by atoms with Crippen molar-refractivity contribution in [3.05, 3.63) is 28.6 Å². The van der Waals surface area contributed by atoms with Crippen molar-refractivity contribution in [3.8, 4) is 28.7 Å². The van der Waals surface area contributed by atoms with Crippen LogP contribution in [0.1, 0.15) is 16.5 Å². The minimum absolute atomic E-state index is 0.190. The molecule has 1 aromatic carbocycles. The van der Waals surface area contributed by atoms with Crippen LogP contribution in [0.25, 0.3) is 11.5 Å². The Bertz CT molecular complexity index is 993. The number of nitrogens with zero attached hydrogens (tertiary/aromatic N) is 3. The number of hydrogen-bond donors (Lipinski definition) is 1. The second-order valence-corrected chi connectivity index (χ2v) is 8.14. The molecule has 1 amide bonds. The molecule has 3 aromatic rings. The van der Waals surface area contributed by atoms with Crippen molar-refractivity contribution in [1.82, 2.24) is 15.2 Å². The number of amides is 1. The highest BCUT2D eigenvalue weighted by Gasteiger charge is 2.18. The number of hydrogen-bond acceptors (Lipinski definition) is 10. The van der Waals surface area contributed by atoms with Crippen LogP contribution in [0, 0.1) is 6.92 Å². The number of carbonyl (C=O) groups excluding carboxylic acids is 1. The first kappa shape index (κ1) is 20.9. The van der Waals surface area contributed by atoms with Crippen LogP contribution in [0.5, 0.6) is 17.2 Å². The first-order chi connectivity index (χ1) is 13.9. The van der Waals surface area contributed by atoms with Gasteiger partial charge in [-0.2, -0.15) is 0 Å². The van der Waals surface area contributed by atoms with Crippen LogP contribution in [0.4, 0.5) is 0 Å². The van der Waals surface area contributed by atoms with E-state index < -0.39 is 0 Å². The van der Waals surface area contributed by atoms with E-state index in [4.69, 9.17) is 24.4 Å². The Kier molecular flexibility index (Phi) is 6.60. The van der Waals surface area contributed by atoms with Gasteiger partial charge in [0.2, 0.25) is 23.4 Å². The van der Waals surface area contributed by atoms with Crippen molar-refractivity contribution in [2.45, 2.75) is 23.4 Å². The van der Waals surface area contributed by atoms with Gasteiger partial charge in [-0.05, 0) is 19.1 Å². The zero-order chi connectivity index (χ0) is 21.0. The van der Waals surface area contributed by atoms with Gasteiger partial charge >= 0.3 is 0 Å². The van der Waals surface area contributed by atoms with E-state index in [0.29, 0.717) is 40.3 Å². The Morgan fingerprint density at radius 2 is 1.86 bits per heavy atom. The average Bonchev–Trinajstić information content (AvgIpc) is 3.31. The number of carbonyl (C=O) groups is 1. The average molecular weight is 437 g/mol. The molecule has 0 radical (unpaired) electrons. The van der Waals surface area contributed by atoms with Crippen LogP contribution in [-0.2, 0) is 17.0 Å². The maximum absolute atomic E-state index is 11.1. The van der Waals surface area contributed by atoms with E-state index in [1.54, 1.807) is 26.4 Å². The lowest BCUT2D eigenvalue weighted by atomic mass is 10.2. The summed E-state index contributed by atoms with van der Waals surface area (Å²) in [4.78, 5) is 16.4. The Morgan fingerprint density at radius 3 is 2.45 bits per heavy atom. The van der Waals surface area contributed by atoms with Gasteiger partial charge < -0.3 is 24.4 Å². The fraction of sp³-hybridized carbons (Fsp3) is 0.333. The lowest BCUT2D eigenvalue weighted by Crippen LogP contribution is -2.13. The number of ether oxygens (including phenoxy) is 3. The monoisotopic (exact) mass is 436 g/mol. The van der Waals surface area contributed by atoms with Gasteiger partial charge in [-0.15, -0.1) is 21.5 Å². The Morgan fingerprint density at radius 1 is 1.17 bits per heavy atom. The predicted molar refractivity (Wildman–Crippen MR) is 109 cm³/mol. The lowest BCUT2D eigenvalue weighted by Gasteiger charge is -2.12. The fourth-order valence-corrected chi connectivity index (χ4v) is 4.62. The van der Waals surface area contributed by atoms with Gasteiger partial charge in [0.15, 0.2) is 15.8 Å². The Labute approximate surface area is 175 Å². The molecule has 0 spiro atoms. The van der Waals surface area contributed by atoms with Crippen LogP contribution in [-0.4, -0.2) is 42.4 Å². The summed E-state index contributed by atoms with van der Waals surface area (Å²) in [5.41, 5.74) is 6.71. The predicted octanol–water partition coefficient (Wildman–Crippen LogP) is 2.85. The summed E-state index contributed by atoms with van der Waals surface area (Å²) >= 11 is 2.89. The quantitative estimate of drug-likeness (QED) is 0.504. The number of benzene rings is 1. The van der Waals surface area contributed by atoms with Crippen molar-refractivity contribution < 1.29 is 23.4 Å². The van der Waals surface area contributed by atoms with Crippen molar-refractivity contribution in [2.75, 3.05) is 21.3 Å². The van der Waals surface area contributed by atoms with Gasteiger partial charge in [0.05, 0.1) is 39.2 Å². The summed E-state index contributed by atoms with van der Waals surface area (Å²) in [6, 6.07) is 3.48. The van der Waals surface area contributed by atoms with E-state index >= 15 is 0 Å². The van der Waals surface area contributed by atoms with E-state index in [2.05, 4.69) is 15.2 Å². The Balaban J connectivity index is 1.75. The summed E-state index contributed by atoms with van der Waals surface area (Å²) in [5.74, 6) is 2.33. The highest BCUT2D eigenvalue weighted by atomic mass is 32.2. The molecule has 0 unspecified atom stereocenters. The molecule has 2 heterocycles. The Hall–Kier alpha value is -2.79. The van der Waals surface area contributed by atoms with Crippen LogP contribution in [0.2, 0.25) is 0 Å². The molecule has 9 nitrogen and oxygen atoms in total. The van der Waals surface area contributed by atoms with Crippen LogP contribution in [0.3, 0.4) is 0 Å². The molecule has 3 rings (SSSR count). The van der Waals surface area contributed by atoms with Gasteiger partial charge in [0, 0.05) is 10.4 Å². The van der Waals surface area contributed by atoms with E-state index in [9.17, 15) is 4.79 Å². The summed E-state index contributed by atoms with van der Waals surface area (Å²) in [5, 5.41) is 8.20. The molecule has 2 N–H and O–H groups in total. The fourth-order valence-electron chi connectivity index (χ4n) is 2.54. The van der Waals surface area contributed by atoms with E-state index in [-0.39, 0.29) is 12.3 Å². The summed E-state index contributed by atoms with van der Waals surface area (Å²) < 4.78 is 22.6. The second kappa shape index (κ2) is 9.14. The van der Waals surface area contributed by atoms with Gasteiger partial charge in [-0.3, -0.25) is 4.79 Å². The highest BCUT2D eigenvalue weighted by molar-refractivity contribution is 8.00. The number of methoxy groups -OCH3 is 3. The number of aryl methyl sites for hydroxylation is 1. The van der Waals surface area contributed by atoms with Gasteiger partial charge in [0.1, 0.15) is 0 Å². The third kappa shape index (κ3) is 4.80. The van der Waals surface area contributed by atoms with Crippen molar-refractivity contribution in [1.29, 1.82) is 0 Å². The molecule has 2 aromatic heterocycles. The standard InChI is InChI=1S/C18H20N4O5S2/c1-9-13(7-14(19)23)29-18(20-9)28-8-15-21-22-17(27-15)10-5-11(24-2)16(26-4)12(6-10)25-3/h5-6H,7-8H2,1-4H3,(H2,19,23). The molecule has 11 heteroatoms. The van der Waals surface area contributed by atoms with Crippen LogP contribution in [0.15, 0.2) is 20.9 Å². The van der Waals surface area contributed by atoms with Gasteiger partial charge in [0.25, 0.3) is 0 Å². The number of rotatable bonds is 9. The molecule has 0 saturated heterocycles. The summed E-state index contributed by atoms with van der Waals surface area (Å²) in [7, 11) is 4.62. The zero-order valence-electron chi connectivity index (χ0n) is 16.3. The molecular weight excluding hydrogens is 416 g/mol. The molecular formula is C18H20N4O5S2. The number of nitrogens with two attached hydrogens (primary N) is 1. The largest absolute Gasteiger partial charge is 0.493 e. The molecule has 0 saturated carbocycles. The minimum Gasteiger partial charge on any atom is -0.493 e. The van der Waals surface area contributed by atoms with Crippen LogP contribution >= 0.6 is 23.1 Å². The maximum atomic E-state index is 11.1. The molecule has 0 atom stereocenters. The third-order valence-electron chi connectivity index (χ3n) is 3.91. The number of thiazole rings is 1. The number of aromatic nitrogens is 3. The summed E-state index contributed by atoms with van der Waals surface area (Å²) in [6.07, 6.45) is 0.190. The first-order valence-electron chi connectivity index (χ1n) is 8.45. The molecule has 0 fully saturated rings. The highest BCUT2D eigenvalue weighted by Crippen LogP contribution is 2.41. The van der Waals surface area contributed by atoms with Crippen LogP contribution < -0.4 is 19.9 Å². The number of primary amides is 1. The first-order valence-corrected chi connectivity index (χ1v) is 10.3. The zero-order valence-corrected chi connectivity index (χ0v) is 18.0. The van der Waals surface area contributed by atoms with Crippen molar-refractivity contribution in [3.63, 3.8) is 0 Å². The minimum atomic E-state index is -0.375. The topological polar surface area (TPSA) is 123 Å². The van der Waals surface area contributed by atoms with Gasteiger partial charge in [-0.25, -0.2) is 4.98 Å². The second-order valence-electron chi connectivity index (χ2n) is 5.84. The van der Waals surface area contributed by atoms with Crippen molar-refractivity contribution >= 4 is 29.0 Å². The lowest BCUT2D eigenvalue weighted by molar-refractivity contribution is -0.117. The molecule has 0 aliphatic heterocycles. The molecule has 154 valence electrons. The maximum Gasteiger partial charge on any atom is 0.248 e. The number of thioether (sulfide) groups is 1. The molecule has 0 aliphatic carbocycles. The van der Waals surface area contributed by atoms with Crippen molar-refractivity contribution in [2.24, 2.45) is 5.73 Å². The smallest absolute Gasteiger partial charge is 0.248 e.